The summed E-state index contributed by atoms with van der Waals surface area (Å²) in [5, 5.41) is 13.1. The van der Waals surface area contributed by atoms with Gasteiger partial charge in [0.1, 0.15) is 6.61 Å². The number of ether oxygens (including phenoxy) is 1. The van der Waals surface area contributed by atoms with E-state index >= 15 is 4.39 Å². The van der Waals surface area contributed by atoms with E-state index in [1.165, 1.54) is 6.07 Å². The van der Waals surface area contributed by atoms with Crippen LogP contribution in [0.15, 0.2) is 36.5 Å². The van der Waals surface area contributed by atoms with Gasteiger partial charge in [0.2, 0.25) is 5.95 Å². The second kappa shape index (κ2) is 10.3. The van der Waals surface area contributed by atoms with E-state index in [2.05, 4.69) is 47.1 Å². The largest absolute Gasteiger partial charge is 0.486 e. The van der Waals surface area contributed by atoms with Gasteiger partial charge in [-0.25, -0.2) is 14.4 Å². The third-order valence-corrected chi connectivity index (χ3v) is 7.37. The third kappa shape index (κ3) is 5.09. The fraction of sp³-hybridized carbons (Fsp3) is 0.414. The molecule has 1 saturated heterocycles. The number of anilines is 3. The monoisotopic (exact) mass is 500 g/mol. The Morgan fingerprint density at radius 3 is 2.68 bits per heavy atom. The number of piperidine rings is 1. The highest BCUT2D eigenvalue weighted by Crippen LogP contribution is 2.39. The van der Waals surface area contributed by atoms with E-state index in [4.69, 9.17) is 9.72 Å². The minimum Gasteiger partial charge on any atom is -0.486 e. The fourth-order valence-corrected chi connectivity index (χ4v) is 5.30. The summed E-state index contributed by atoms with van der Waals surface area (Å²) in [7, 11) is 2.14. The first-order valence-corrected chi connectivity index (χ1v) is 12.9. The van der Waals surface area contributed by atoms with Crippen molar-refractivity contribution in [3.8, 4) is 23.1 Å². The van der Waals surface area contributed by atoms with Crippen LogP contribution in [0.25, 0.3) is 11.3 Å². The lowest BCUT2D eigenvalue weighted by molar-refractivity contribution is 0.255. The molecule has 0 amide bonds. The molecule has 7 nitrogen and oxygen atoms in total. The Morgan fingerprint density at radius 1 is 1.16 bits per heavy atom. The molecular weight excluding hydrogens is 467 g/mol. The van der Waals surface area contributed by atoms with Gasteiger partial charge in [-0.1, -0.05) is 6.07 Å². The van der Waals surface area contributed by atoms with Crippen molar-refractivity contribution in [1.82, 2.24) is 14.9 Å². The van der Waals surface area contributed by atoms with Gasteiger partial charge in [0.25, 0.3) is 0 Å². The number of benzene rings is 2. The van der Waals surface area contributed by atoms with Crippen LogP contribution in [-0.4, -0.2) is 54.2 Å². The van der Waals surface area contributed by atoms with E-state index < -0.39 is 5.82 Å². The number of aryl methyl sites for hydroxylation is 1. The summed E-state index contributed by atoms with van der Waals surface area (Å²) in [4.78, 5) is 13.7. The number of rotatable bonds is 5. The Balaban J connectivity index is 1.44. The molecule has 2 aliphatic rings. The molecule has 5 rings (SSSR count). The number of halogens is 1. The van der Waals surface area contributed by atoms with Crippen LogP contribution in [0.3, 0.4) is 0 Å². The van der Waals surface area contributed by atoms with E-state index in [0.717, 1.165) is 48.4 Å². The highest BCUT2D eigenvalue weighted by atomic mass is 19.1. The standard InChI is InChI=1S/C29H33FN6O/c1-18(2)36-11-12-37-28-25(30)14-21(15-26(28)36)27-19(3)17-32-29(34-27)33-23-5-6-24(22(13-23)16-31)20-7-9-35(4)10-8-20/h5-6,13-15,17-18,20H,7-12H2,1-4H3,(H,32,33,34). The van der Waals surface area contributed by atoms with Crippen molar-refractivity contribution in [3.05, 3.63) is 59.0 Å². The van der Waals surface area contributed by atoms with Gasteiger partial charge in [0.15, 0.2) is 11.6 Å². The van der Waals surface area contributed by atoms with Gasteiger partial charge in [-0.05, 0) is 95.1 Å². The number of likely N-dealkylation sites (tertiary alicyclic amines) is 1. The molecule has 0 radical (unpaired) electrons. The molecule has 192 valence electrons. The van der Waals surface area contributed by atoms with Crippen molar-refractivity contribution in [2.24, 2.45) is 0 Å². The van der Waals surface area contributed by atoms with Crippen molar-refractivity contribution in [2.45, 2.75) is 45.6 Å². The van der Waals surface area contributed by atoms with Crippen molar-refractivity contribution in [1.29, 1.82) is 5.26 Å². The average molecular weight is 501 g/mol. The van der Waals surface area contributed by atoms with Crippen LogP contribution in [0.4, 0.5) is 21.7 Å². The number of hydrogen-bond acceptors (Lipinski definition) is 7. The van der Waals surface area contributed by atoms with Gasteiger partial charge in [-0.2, -0.15) is 5.26 Å². The van der Waals surface area contributed by atoms with Gasteiger partial charge >= 0.3 is 0 Å². The summed E-state index contributed by atoms with van der Waals surface area (Å²) in [6.45, 7) is 9.34. The number of nitriles is 1. The minimum absolute atomic E-state index is 0.216. The minimum atomic E-state index is -0.395. The van der Waals surface area contributed by atoms with E-state index in [-0.39, 0.29) is 6.04 Å². The first-order chi connectivity index (χ1) is 17.8. The van der Waals surface area contributed by atoms with E-state index in [1.54, 1.807) is 6.20 Å². The van der Waals surface area contributed by atoms with E-state index in [1.807, 2.05) is 31.2 Å². The second-order valence-electron chi connectivity index (χ2n) is 10.3. The smallest absolute Gasteiger partial charge is 0.227 e. The van der Waals surface area contributed by atoms with Crippen molar-refractivity contribution < 1.29 is 9.13 Å². The summed E-state index contributed by atoms with van der Waals surface area (Å²) in [5.41, 5.74) is 5.44. The number of aromatic nitrogens is 2. The molecule has 8 heteroatoms. The SMILES string of the molecule is Cc1cnc(Nc2ccc(C3CCN(C)CC3)c(C#N)c2)nc1-c1cc(F)c2c(c1)N(C(C)C)CCO2. The van der Waals surface area contributed by atoms with Crippen LogP contribution in [0.5, 0.6) is 5.75 Å². The van der Waals surface area contributed by atoms with E-state index in [9.17, 15) is 5.26 Å². The molecule has 0 unspecified atom stereocenters. The molecule has 0 atom stereocenters. The molecule has 3 aromatic rings. The van der Waals surface area contributed by atoms with Crippen LogP contribution >= 0.6 is 0 Å². The second-order valence-corrected chi connectivity index (χ2v) is 10.3. The van der Waals surface area contributed by atoms with Crippen LogP contribution in [-0.2, 0) is 0 Å². The quantitative estimate of drug-likeness (QED) is 0.487. The lowest BCUT2D eigenvalue weighted by atomic mass is 9.86. The lowest BCUT2D eigenvalue weighted by Gasteiger charge is -2.34. The van der Waals surface area contributed by atoms with Crippen molar-refractivity contribution in [2.75, 3.05) is 43.5 Å². The zero-order valence-electron chi connectivity index (χ0n) is 21.9. The average Bonchev–Trinajstić information content (AvgIpc) is 2.90. The molecule has 1 aromatic heterocycles. The third-order valence-electron chi connectivity index (χ3n) is 7.37. The highest BCUT2D eigenvalue weighted by molar-refractivity contribution is 5.74. The van der Waals surface area contributed by atoms with Gasteiger partial charge in [0.05, 0.1) is 29.6 Å². The first-order valence-electron chi connectivity index (χ1n) is 12.9. The maximum atomic E-state index is 15.1. The van der Waals surface area contributed by atoms with Gasteiger partial charge < -0.3 is 19.9 Å². The summed E-state index contributed by atoms with van der Waals surface area (Å²) < 4.78 is 20.7. The number of fused-ring (bicyclic) bond motifs is 1. The molecule has 0 saturated carbocycles. The van der Waals surface area contributed by atoms with Crippen LogP contribution in [0.1, 0.15) is 49.3 Å². The molecule has 1 N–H and O–H groups in total. The Kier molecular flexibility index (Phi) is 6.98. The number of nitrogens with zero attached hydrogens (tertiary/aromatic N) is 5. The highest BCUT2D eigenvalue weighted by Gasteiger charge is 2.25. The number of nitrogens with one attached hydrogen (secondary N) is 1. The molecular formula is C29H33FN6O. The molecule has 0 bridgehead atoms. The predicted molar refractivity (Wildman–Crippen MR) is 144 cm³/mol. The summed E-state index contributed by atoms with van der Waals surface area (Å²) >= 11 is 0. The Labute approximate surface area is 217 Å². The zero-order chi connectivity index (χ0) is 26.1. The summed E-state index contributed by atoms with van der Waals surface area (Å²) in [6, 6.07) is 11.9. The summed E-state index contributed by atoms with van der Waals surface area (Å²) in [5.74, 6) is 0.693. The summed E-state index contributed by atoms with van der Waals surface area (Å²) in [6.07, 6.45) is 3.84. The maximum absolute atomic E-state index is 15.1. The lowest BCUT2D eigenvalue weighted by Crippen LogP contribution is -2.38. The Bertz CT molecular complexity index is 1340. The molecule has 37 heavy (non-hydrogen) atoms. The molecule has 2 aliphatic heterocycles. The maximum Gasteiger partial charge on any atom is 0.227 e. The van der Waals surface area contributed by atoms with Crippen molar-refractivity contribution in [3.63, 3.8) is 0 Å². The predicted octanol–water partition coefficient (Wildman–Crippen LogP) is 5.62. The zero-order valence-corrected chi connectivity index (χ0v) is 21.9. The Morgan fingerprint density at radius 2 is 1.95 bits per heavy atom. The van der Waals surface area contributed by atoms with Crippen molar-refractivity contribution >= 4 is 17.3 Å². The molecule has 3 heterocycles. The Hall–Kier alpha value is -3.70. The molecule has 0 spiro atoms. The molecule has 1 fully saturated rings. The van der Waals surface area contributed by atoms with Crippen LogP contribution in [0.2, 0.25) is 0 Å². The van der Waals surface area contributed by atoms with Gasteiger partial charge in [-0.3, -0.25) is 0 Å². The van der Waals surface area contributed by atoms with Crippen LogP contribution in [0, 0.1) is 24.1 Å². The topological polar surface area (TPSA) is 77.3 Å². The first kappa shape index (κ1) is 25.0. The van der Waals surface area contributed by atoms with Crippen LogP contribution < -0.4 is 15.0 Å². The molecule has 0 aliphatic carbocycles. The van der Waals surface area contributed by atoms with Gasteiger partial charge in [-0.15, -0.1) is 0 Å². The molecule has 2 aromatic carbocycles. The normalized spacial score (nSPS) is 16.3. The van der Waals surface area contributed by atoms with Gasteiger partial charge in [0, 0.05) is 23.5 Å². The fourth-order valence-electron chi connectivity index (χ4n) is 5.30. The number of hydrogen-bond donors (Lipinski definition) is 1. The van der Waals surface area contributed by atoms with E-state index in [0.29, 0.717) is 47.6 Å².